The summed E-state index contributed by atoms with van der Waals surface area (Å²) in [6.45, 7) is 4.00. The van der Waals surface area contributed by atoms with Crippen molar-refractivity contribution in [2.75, 3.05) is 19.3 Å². The van der Waals surface area contributed by atoms with E-state index in [4.69, 9.17) is 11.1 Å². The Labute approximate surface area is 85.8 Å². The summed E-state index contributed by atoms with van der Waals surface area (Å²) in [7, 11) is -1.66. The fourth-order valence-corrected chi connectivity index (χ4v) is 2.43. The summed E-state index contributed by atoms with van der Waals surface area (Å²) < 4.78 is 24.4. The number of nitrogens with one attached hydrogen (secondary N) is 1. The van der Waals surface area contributed by atoms with E-state index >= 15 is 0 Å². The van der Waals surface area contributed by atoms with Gasteiger partial charge in [-0.15, -0.1) is 0 Å². The fraction of sp³-hybridized carbons (Fsp3) is 0.875. The maximum atomic E-state index is 11.6. The maximum absolute atomic E-state index is 11.6. The molecule has 3 N–H and O–H groups in total. The van der Waals surface area contributed by atoms with Crippen molar-refractivity contribution in [3.8, 4) is 0 Å². The lowest BCUT2D eigenvalue weighted by Crippen LogP contribution is -2.33. The average Bonchev–Trinajstić information content (AvgIpc) is 1.97. The third kappa shape index (κ3) is 5.18. The summed E-state index contributed by atoms with van der Waals surface area (Å²) in [6.07, 6.45) is 0.286. The largest absolute Gasteiger partial charge is 0.388 e. The quantitative estimate of drug-likeness (QED) is 0.497. The zero-order valence-corrected chi connectivity index (χ0v) is 9.76. The van der Waals surface area contributed by atoms with Crippen molar-refractivity contribution in [2.24, 2.45) is 11.7 Å². The van der Waals surface area contributed by atoms with Crippen LogP contribution in [0.4, 0.5) is 0 Å². The van der Waals surface area contributed by atoms with Crippen LogP contribution in [0.2, 0.25) is 0 Å². The highest BCUT2D eigenvalue weighted by molar-refractivity contribution is 7.89. The van der Waals surface area contributed by atoms with Crippen molar-refractivity contribution >= 4 is 15.9 Å². The van der Waals surface area contributed by atoms with Crippen molar-refractivity contribution in [3.63, 3.8) is 0 Å². The minimum Gasteiger partial charge on any atom is -0.388 e. The second kappa shape index (κ2) is 5.31. The number of nitrogens with zero attached hydrogens (tertiary/aromatic N) is 1. The molecule has 0 saturated heterocycles. The highest BCUT2D eigenvalue weighted by Gasteiger charge is 2.18. The van der Waals surface area contributed by atoms with Gasteiger partial charge in [0.25, 0.3) is 0 Å². The summed E-state index contributed by atoms with van der Waals surface area (Å²) in [4.78, 5) is 0. The summed E-state index contributed by atoms with van der Waals surface area (Å²) in [5, 5.41) is 6.99. The molecule has 0 bridgehead atoms. The molecule has 0 amide bonds. The van der Waals surface area contributed by atoms with E-state index in [0.29, 0.717) is 0 Å². The molecule has 0 radical (unpaired) electrons. The van der Waals surface area contributed by atoms with Gasteiger partial charge in [-0.25, -0.2) is 12.7 Å². The zero-order valence-electron chi connectivity index (χ0n) is 8.95. The topological polar surface area (TPSA) is 87.2 Å². The monoisotopic (exact) mass is 221 g/mol. The summed E-state index contributed by atoms with van der Waals surface area (Å²) >= 11 is 0. The first-order chi connectivity index (χ1) is 6.25. The number of rotatable bonds is 6. The van der Waals surface area contributed by atoms with Gasteiger partial charge < -0.3 is 5.73 Å². The Bertz CT molecular complexity index is 285. The number of hydrogen-bond donors (Lipinski definition) is 2. The first kappa shape index (κ1) is 13.4. The molecule has 14 heavy (non-hydrogen) atoms. The van der Waals surface area contributed by atoms with Crippen LogP contribution in [0.1, 0.15) is 20.3 Å². The second-order valence-corrected chi connectivity index (χ2v) is 5.89. The van der Waals surface area contributed by atoms with E-state index in [1.807, 2.05) is 13.8 Å². The highest BCUT2D eigenvalue weighted by Crippen LogP contribution is 2.05. The van der Waals surface area contributed by atoms with Gasteiger partial charge in [0.2, 0.25) is 10.0 Å². The lowest BCUT2D eigenvalue weighted by atomic mass is 10.3. The van der Waals surface area contributed by atoms with Gasteiger partial charge in [0.15, 0.2) is 0 Å². The number of sulfonamides is 1. The zero-order chi connectivity index (χ0) is 11.4. The maximum Gasteiger partial charge on any atom is 0.214 e. The van der Waals surface area contributed by atoms with E-state index in [1.54, 1.807) is 0 Å². The highest BCUT2D eigenvalue weighted by atomic mass is 32.2. The minimum absolute atomic E-state index is 0.0107. The van der Waals surface area contributed by atoms with Gasteiger partial charge in [0.05, 0.1) is 11.6 Å². The van der Waals surface area contributed by atoms with E-state index in [9.17, 15) is 8.42 Å². The molecule has 0 aromatic rings. The van der Waals surface area contributed by atoms with Gasteiger partial charge in [-0.2, -0.15) is 0 Å². The predicted octanol–water partition coefficient (Wildman–Crippen LogP) is 0.230. The van der Waals surface area contributed by atoms with Gasteiger partial charge in [-0.3, -0.25) is 5.41 Å². The van der Waals surface area contributed by atoms with E-state index in [0.717, 1.165) is 0 Å². The molecule has 0 unspecified atom stereocenters. The van der Waals surface area contributed by atoms with Gasteiger partial charge >= 0.3 is 0 Å². The van der Waals surface area contributed by atoms with Gasteiger partial charge in [-0.1, -0.05) is 13.8 Å². The van der Waals surface area contributed by atoms with Gasteiger partial charge in [-0.05, 0) is 5.92 Å². The SMILES string of the molecule is CC(C)CS(=O)(=O)N(C)CCC(=N)N. The average molecular weight is 221 g/mol. The third-order valence-corrected chi connectivity index (χ3v) is 3.94. The van der Waals surface area contributed by atoms with Crippen LogP contribution in [-0.2, 0) is 10.0 Å². The second-order valence-electron chi connectivity index (χ2n) is 3.77. The van der Waals surface area contributed by atoms with E-state index < -0.39 is 10.0 Å². The molecule has 0 saturated carbocycles. The van der Waals surface area contributed by atoms with Crippen molar-refractivity contribution < 1.29 is 8.42 Å². The smallest absolute Gasteiger partial charge is 0.214 e. The molecule has 5 nitrogen and oxygen atoms in total. The van der Waals surface area contributed by atoms with Crippen molar-refractivity contribution in [1.82, 2.24) is 4.31 Å². The van der Waals surface area contributed by atoms with Crippen LogP contribution in [0.5, 0.6) is 0 Å². The molecule has 0 aromatic carbocycles. The number of nitrogens with two attached hydrogens (primary N) is 1. The van der Waals surface area contributed by atoms with Gasteiger partial charge in [0.1, 0.15) is 0 Å². The molecular formula is C8H19N3O2S. The summed E-state index contributed by atoms with van der Waals surface area (Å²) in [5.41, 5.74) is 5.15. The summed E-state index contributed by atoms with van der Waals surface area (Å²) in [6, 6.07) is 0. The van der Waals surface area contributed by atoms with Crippen LogP contribution in [0.3, 0.4) is 0 Å². The van der Waals surface area contributed by atoms with Crippen LogP contribution in [-0.4, -0.2) is 37.9 Å². The Morgan fingerprint density at radius 2 is 2.00 bits per heavy atom. The molecule has 0 fully saturated rings. The van der Waals surface area contributed by atoms with Crippen molar-refractivity contribution in [2.45, 2.75) is 20.3 Å². The van der Waals surface area contributed by atoms with Crippen LogP contribution >= 0.6 is 0 Å². The molecule has 0 heterocycles. The molecule has 0 aliphatic heterocycles. The molecule has 0 aliphatic carbocycles. The van der Waals surface area contributed by atoms with Crippen LogP contribution in [0, 0.1) is 11.3 Å². The van der Waals surface area contributed by atoms with Crippen molar-refractivity contribution in [1.29, 1.82) is 5.41 Å². The number of hydrogen-bond acceptors (Lipinski definition) is 3. The molecule has 0 rings (SSSR count). The first-order valence-corrected chi connectivity index (χ1v) is 6.13. The van der Waals surface area contributed by atoms with E-state index in [1.165, 1.54) is 11.4 Å². The minimum atomic E-state index is -3.17. The van der Waals surface area contributed by atoms with Gasteiger partial charge in [0, 0.05) is 20.0 Å². The lowest BCUT2D eigenvalue weighted by molar-refractivity contribution is 0.470. The number of amidine groups is 1. The Hall–Kier alpha value is -0.620. The van der Waals surface area contributed by atoms with Crippen LogP contribution < -0.4 is 5.73 Å². The molecule has 0 aliphatic rings. The van der Waals surface area contributed by atoms with Crippen LogP contribution in [0.15, 0.2) is 0 Å². The van der Waals surface area contributed by atoms with E-state index in [-0.39, 0.29) is 30.5 Å². The molecule has 6 heteroatoms. The lowest BCUT2D eigenvalue weighted by Gasteiger charge is -2.17. The summed E-state index contributed by atoms with van der Waals surface area (Å²) in [5.74, 6) is 0.262. The Morgan fingerprint density at radius 1 is 1.50 bits per heavy atom. The fourth-order valence-electron chi connectivity index (χ4n) is 0.965. The normalized spacial score (nSPS) is 12.4. The molecule has 84 valence electrons. The Balaban J connectivity index is 4.22. The molecule has 0 atom stereocenters. The van der Waals surface area contributed by atoms with Crippen molar-refractivity contribution in [3.05, 3.63) is 0 Å². The Morgan fingerprint density at radius 3 is 2.36 bits per heavy atom. The molecule has 0 spiro atoms. The van der Waals surface area contributed by atoms with E-state index in [2.05, 4.69) is 0 Å². The molecule has 0 aromatic heterocycles. The predicted molar refractivity (Wildman–Crippen MR) is 57.8 cm³/mol. The molecular weight excluding hydrogens is 202 g/mol. The first-order valence-electron chi connectivity index (χ1n) is 4.52. The Kier molecular flexibility index (Phi) is 5.07. The van der Waals surface area contributed by atoms with Crippen LogP contribution in [0.25, 0.3) is 0 Å². The third-order valence-electron chi connectivity index (χ3n) is 1.71. The standard InChI is InChI=1S/C8H19N3O2S/c1-7(2)6-14(12,13)11(3)5-4-8(9)10/h7H,4-6H2,1-3H3,(H3,9,10).